The molecule has 2 N–H and O–H groups in total. The molecule has 0 unspecified atom stereocenters. The Labute approximate surface area is 144 Å². The van der Waals surface area contributed by atoms with Crippen LogP contribution in [-0.4, -0.2) is 33.4 Å². The van der Waals surface area contributed by atoms with Crippen LogP contribution in [0.3, 0.4) is 0 Å². The van der Waals surface area contributed by atoms with Crippen LogP contribution in [0.2, 0.25) is 0 Å². The van der Waals surface area contributed by atoms with Crippen LogP contribution in [0.25, 0.3) is 10.9 Å². The molecule has 3 rings (SSSR count). The Morgan fingerprint density at radius 1 is 1.50 bits per heavy atom. The number of ether oxygens (including phenoxy) is 1. The largest absolute Gasteiger partial charge is 0.376 e. The number of primary amides is 1. The lowest BCUT2D eigenvalue weighted by molar-refractivity contribution is -0.117. The van der Waals surface area contributed by atoms with Crippen molar-refractivity contribution in [2.75, 3.05) is 6.61 Å². The molecular formula is C17H21N3O3S. The smallest absolute Gasteiger partial charge is 0.262 e. The molecular weight excluding hydrogens is 326 g/mol. The third-order valence-corrected chi connectivity index (χ3v) is 5.55. The van der Waals surface area contributed by atoms with Crippen molar-refractivity contribution in [1.82, 2.24) is 9.55 Å². The van der Waals surface area contributed by atoms with E-state index in [1.165, 1.54) is 11.8 Å². The predicted octanol–water partition coefficient (Wildman–Crippen LogP) is 1.93. The van der Waals surface area contributed by atoms with Gasteiger partial charge in [-0.1, -0.05) is 30.8 Å². The summed E-state index contributed by atoms with van der Waals surface area (Å²) in [6, 6.07) is 7.25. The number of amides is 1. The van der Waals surface area contributed by atoms with Crippen LogP contribution in [0.4, 0.5) is 0 Å². The van der Waals surface area contributed by atoms with Crippen LogP contribution in [0.15, 0.2) is 34.2 Å². The van der Waals surface area contributed by atoms with Gasteiger partial charge in [0.15, 0.2) is 5.16 Å². The topological polar surface area (TPSA) is 87.2 Å². The number of benzene rings is 1. The Hall–Kier alpha value is -1.86. The molecule has 2 atom stereocenters. The molecule has 1 fully saturated rings. The number of carbonyl (C=O) groups excluding carboxylic acids is 1. The van der Waals surface area contributed by atoms with Crippen molar-refractivity contribution in [3.8, 4) is 0 Å². The quantitative estimate of drug-likeness (QED) is 0.637. The number of rotatable bonds is 6. The third-order valence-electron chi connectivity index (χ3n) is 4.17. The highest BCUT2D eigenvalue weighted by Gasteiger charge is 2.23. The normalized spacial score (nSPS) is 18.8. The lowest BCUT2D eigenvalue weighted by Gasteiger charge is -2.18. The number of nitrogens with zero attached hydrogens (tertiary/aromatic N) is 2. The molecule has 6 nitrogen and oxygen atoms in total. The number of carbonyl (C=O) groups is 1. The lowest BCUT2D eigenvalue weighted by Crippen LogP contribution is -2.31. The van der Waals surface area contributed by atoms with Gasteiger partial charge in [-0.25, -0.2) is 4.98 Å². The summed E-state index contributed by atoms with van der Waals surface area (Å²) in [5.41, 5.74) is 5.99. The standard InChI is InChI=1S/C17H21N3O3S/c1-2-14(15(18)21)24-17-19-13-8-4-3-7-12(13)16(22)20(17)10-11-6-5-9-23-11/h3-4,7-8,11,14H,2,5-6,9-10H2,1H3,(H2,18,21)/t11-,14+/m1/s1. The zero-order valence-electron chi connectivity index (χ0n) is 13.6. The zero-order chi connectivity index (χ0) is 17.1. The third kappa shape index (κ3) is 3.47. The average Bonchev–Trinajstić information content (AvgIpc) is 3.08. The van der Waals surface area contributed by atoms with E-state index in [0.29, 0.717) is 29.0 Å². The fourth-order valence-electron chi connectivity index (χ4n) is 2.86. The van der Waals surface area contributed by atoms with Gasteiger partial charge in [0.1, 0.15) is 0 Å². The van der Waals surface area contributed by atoms with Crippen molar-refractivity contribution in [3.05, 3.63) is 34.6 Å². The first kappa shape index (κ1) is 17.0. The minimum absolute atomic E-state index is 0.0127. The van der Waals surface area contributed by atoms with E-state index in [0.717, 1.165) is 19.4 Å². The Morgan fingerprint density at radius 3 is 2.96 bits per heavy atom. The van der Waals surface area contributed by atoms with Crippen molar-refractivity contribution >= 4 is 28.6 Å². The SMILES string of the molecule is CC[C@H](Sc1nc2ccccc2c(=O)n1C[C@H]1CCCO1)C(N)=O. The van der Waals surface area contributed by atoms with Crippen LogP contribution in [0.1, 0.15) is 26.2 Å². The zero-order valence-corrected chi connectivity index (χ0v) is 14.4. The minimum Gasteiger partial charge on any atom is -0.376 e. The highest BCUT2D eigenvalue weighted by Crippen LogP contribution is 2.25. The average molecular weight is 347 g/mol. The molecule has 0 bridgehead atoms. The van der Waals surface area contributed by atoms with E-state index >= 15 is 0 Å². The summed E-state index contributed by atoms with van der Waals surface area (Å²) in [5, 5.41) is 0.695. The molecule has 24 heavy (non-hydrogen) atoms. The number of hydrogen-bond acceptors (Lipinski definition) is 5. The predicted molar refractivity (Wildman–Crippen MR) is 94.1 cm³/mol. The van der Waals surface area contributed by atoms with Crippen molar-refractivity contribution in [2.24, 2.45) is 5.73 Å². The summed E-state index contributed by atoms with van der Waals surface area (Å²) in [6.45, 7) is 3.07. The van der Waals surface area contributed by atoms with Crippen molar-refractivity contribution in [2.45, 2.75) is 49.2 Å². The summed E-state index contributed by atoms with van der Waals surface area (Å²) in [7, 11) is 0. The molecule has 1 aromatic carbocycles. The number of thioether (sulfide) groups is 1. The summed E-state index contributed by atoms with van der Waals surface area (Å²) in [4.78, 5) is 29.1. The maximum atomic E-state index is 12.9. The molecule has 0 spiro atoms. The van der Waals surface area contributed by atoms with Gasteiger partial charge in [-0.2, -0.15) is 0 Å². The molecule has 128 valence electrons. The van der Waals surface area contributed by atoms with E-state index in [9.17, 15) is 9.59 Å². The molecule has 2 heterocycles. The molecule has 1 aliphatic rings. The molecule has 7 heteroatoms. The van der Waals surface area contributed by atoms with Gasteiger partial charge in [-0.05, 0) is 31.4 Å². The van der Waals surface area contributed by atoms with Gasteiger partial charge in [-0.15, -0.1) is 0 Å². The summed E-state index contributed by atoms with van der Waals surface area (Å²) in [6.07, 6.45) is 2.53. The van der Waals surface area contributed by atoms with E-state index in [1.807, 2.05) is 25.1 Å². The monoisotopic (exact) mass is 347 g/mol. The lowest BCUT2D eigenvalue weighted by atomic mass is 10.2. The van der Waals surface area contributed by atoms with E-state index in [4.69, 9.17) is 10.5 Å². The maximum absolute atomic E-state index is 12.9. The van der Waals surface area contributed by atoms with Gasteiger partial charge >= 0.3 is 0 Å². The second-order valence-corrected chi connectivity index (χ2v) is 7.05. The van der Waals surface area contributed by atoms with Gasteiger partial charge < -0.3 is 10.5 Å². The van der Waals surface area contributed by atoms with Crippen LogP contribution >= 0.6 is 11.8 Å². The van der Waals surface area contributed by atoms with Crippen LogP contribution < -0.4 is 11.3 Å². The van der Waals surface area contributed by atoms with Crippen LogP contribution in [0.5, 0.6) is 0 Å². The first-order chi connectivity index (χ1) is 11.6. The van der Waals surface area contributed by atoms with E-state index in [2.05, 4.69) is 4.98 Å². The second-order valence-electron chi connectivity index (χ2n) is 5.88. The highest BCUT2D eigenvalue weighted by molar-refractivity contribution is 8.00. The molecule has 0 aliphatic carbocycles. The molecule has 2 aromatic rings. The summed E-state index contributed by atoms with van der Waals surface area (Å²) < 4.78 is 7.30. The number of para-hydroxylation sites is 1. The summed E-state index contributed by atoms with van der Waals surface area (Å²) >= 11 is 1.26. The van der Waals surface area contributed by atoms with E-state index in [1.54, 1.807) is 10.6 Å². The second kappa shape index (κ2) is 7.36. The van der Waals surface area contributed by atoms with E-state index in [-0.39, 0.29) is 11.7 Å². The highest BCUT2D eigenvalue weighted by atomic mass is 32.2. The van der Waals surface area contributed by atoms with Crippen molar-refractivity contribution in [1.29, 1.82) is 0 Å². The fourth-order valence-corrected chi connectivity index (χ4v) is 3.83. The molecule has 0 saturated carbocycles. The van der Waals surface area contributed by atoms with Crippen LogP contribution in [-0.2, 0) is 16.1 Å². The molecule has 1 aromatic heterocycles. The van der Waals surface area contributed by atoms with Gasteiger partial charge in [0.05, 0.1) is 28.8 Å². The minimum atomic E-state index is -0.409. The van der Waals surface area contributed by atoms with Crippen molar-refractivity contribution < 1.29 is 9.53 Å². The van der Waals surface area contributed by atoms with Gasteiger partial charge in [0.25, 0.3) is 5.56 Å². The molecule has 1 saturated heterocycles. The number of fused-ring (bicyclic) bond motifs is 1. The summed E-state index contributed by atoms with van der Waals surface area (Å²) in [5.74, 6) is -0.395. The van der Waals surface area contributed by atoms with E-state index < -0.39 is 11.2 Å². The van der Waals surface area contributed by atoms with Gasteiger partial charge in [-0.3, -0.25) is 14.2 Å². The van der Waals surface area contributed by atoms with Gasteiger partial charge in [0.2, 0.25) is 5.91 Å². The Bertz CT molecular complexity index is 799. The van der Waals surface area contributed by atoms with Crippen LogP contribution in [0, 0.1) is 0 Å². The maximum Gasteiger partial charge on any atom is 0.262 e. The fraction of sp³-hybridized carbons (Fsp3) is 0.471. The first-order valence-electron chi connectivity index (χ1n) is 8.17. The molecule has 1 aliphatic heterocycles. The molecule has 0 radical (unpaired) electrons. The number of nitrogens with two attached hydrogens (primary N) is 1. The first-order valence-corrected chi connectivity index (χ1v) is 9.05. The number of aromatic nitrogens is 2. The Kier molecular flexibility index (Phi) is 5.20. The van der Waals surface area contributed by atoms with Gasteiger partial charge in [0, 0.05) is 6.61 Å². The Morgan fingerprint density at radius 2 is 2.29 bits per heavy atom. The molecule has 1 amide bonds. The number of hydrogen-bond donors (Lipinski definition) is 1. The van der Waals surface area contributed by atoms with Crippen molar-refractivity contribution in [3.63, 3.8) is 0 Å². The Balaban J connectivity index is 2.06.